The van der Waals surface area contributed by atoms with Crippen LogP contribution >= 0.6 is 0 Å². The van der Waals surface area contributed by atoms with E-state index in [1.54, 1.807) is 0 Å². The summed E-state index contributed by atoms with van der Waals surface area (Å²) in [5.74, 6) is 1.30. The fourth-order valence-corrected chi connectivity index (χ4v) is 5.98. The summed E-state index contributed by atoms with van der Waals surface area (Å²) in [5.41, 5.74) is 4.23. The highest BCUT2D eigenvalue weighted by Crippen LogP contribution is 2.39. The van der Waals surface area contributed by atoms with E-state index in [0.29, 0.717) is 25.7 Å². The molecule has 0 fully saturated rings. The van der Waals surface area contributed by atoms with Crippen molar-refractivity contribution in [3.8, 4) is 5.75 Å². The highest BCUT2D eigenvalue weighted by molar-refractivity contribution is 6.74. The van der Waals surface area contributed by atoms with Gasteiger partial charge in [-0.3, -0.25) is 0 Å². The highest BCUT2D eigenvalue weighted by atomic mass is 28.4. The molecule has 0 saturated carbocycles. The first-order valence-electron chi connectivity index (χ1n) is 15.4. The number of rotatable bonds is 14. The number of ether oxygens (including phenoxy) is 1. The number of hydrogen-bond donors (Lipinski definition) is 1. The van der Waals surface area contributed by atoms with Crippen molar-refractivity contribution in [3.63, 3.8) is 0 Å². The molecule has 0 aromatic heterocycles. The lowest BCUT2D eigenvalue weighted by molar-refractivity contribution is 0.0678. The van der Waals surface area contributed by atoms with Crippen LogP contribution in [0.25, 0.3) is 0 Å². The van der Waals surface area contributed by atoms with Gasteiger partial charge < -0.3 is 18.7 Å². The number of aliphatic hydroxyl groups is 1. The van der Waals surface area contributed by atoms with Crippen LogP contribution < -0.4 is 4.74 Å². The molecule has 2 rings (SSSR count). The lowest BCUT2D eigenvalue weighted by Crippen LogP contribution is -2.41. The standard InChI is InChI=1S/C35H60O4Si2/c1-27(16-15-21-35(8,9)36)29-18-14-17-28(22-29)24-37-32-20-19-30(25-38-40(10,11)33(2,3)4)31(23-32)26-39-41(12,13)34(5,6)7/h14,17-20,22-23,27,36H,15-16,21,24-26H2,1-13H3. The zero-order chi connectivity index (χ0) is 31.3. The first kappa shape index (κ1) is 35.7. The van der Waals surface area contributed by atoms with E-state index in [0.717, 1.165) is 30.6 Å². The van der Waals surface area contributed by atoms with E-state index in [1.165, 1.54) is 16.7 Å². The van der Waals surface area contributed by atoms with E-state index in [-0.39, 0.29) is 10.1 Å². The Bertz CT molecular complexity index is 1100. The van der Waals surface area contributed by atoms with Gasteiger partial charge in [-0.1, -0.05) is 85.2 Å². The van der Waals surface area contributed by atoms with Crippen LogP contribution in [-0.4, -0.2) is 27.3 Å². The van der Waals surface area contributed by atoms with Crippen LogP contribution in [0.1, 0.15) is 110 Å². The molecule has 232 valence electrons. The van der Waals surface area contributed by atoms with Gasteiger partial charge in [-0.05, 0) is 103 Å². The summed E-state index contributed by atoms with van der Waals surface area (Å²) in [7, 11) is -3.79. The van der Waals surface area contributed by atoms with Crippen molar-refractivity contribution in [3.05, 3.63) is 64.7 Å². The quantitative estimate of drug-likeness (QED) is 0.219. The second kappa shape index (κ2) is 13.9. The van der Waals surface area contributed by atoms with Crippen molar-refractivity contribution >= 4 is 16.6 Å². The van der Waals surface area contributed by atoms with Gasteiger partial charge in [0.2, 0.25) is 0 Å². The molecule has 0 bridgehead atoms. The van der Waals surface area contributed by atoms with Crippen LogP contribution in [0, 0.1) is 0 Å². The van der Waals surface area contributed by atoms with Crippen molar-refractivity contribution in [1.29, 1.82) is 0 Å². The van der Waals surface area contributed by atoms with Crippen LogP contribution in [0.15, 0.2) is 42.5 Å². The highest BCUT2D eigenvalue weighted by Gasteiger charge is 2.38. The van der Waals surface area contributed by atoms with Crippen molar-refractivity contribution in [2.45, 2.75) is 149 Å². The summed E-state index contributed by atoms with van der Waals surface area (Å²) in [4.78, 5) is 0. The van der Waals surface area contributed by atoms with E-state index >= 15 is 0 Å². The summed E-state index contributed by atoms with van der Waals surface area (Å²) in [6, 6.07) is 15.1. The van der Waals surface area contributed by atoms with E-state index in [4.69, 9.17) is 13.6 Å². The van der Waals surface area contributed by atoms with E-state index < -0.39 is 22.2 Å². The maximum Gasteiger partial charge on any atom is 0.192 e. The van der Waals surface area contributed by atoms with Crippen molar-refractivity contribution in [1.82, 2.24) is 0 Å². The van der Waals surface area contributed by atoms with Crippen LogP contribution in [0.3, 0.4) is 0 Å². The molecule has 0 spiro atoms. The largest absolute Gasteiger partial charge is 0.489 e. The molecule has 1 N–H and O–H groups in total. The van der Waals surface area contributed by atoms with Crippen molar-refractivity contribution in [2.24, 2.45) is 0 Å². The molecule has 0 heterocycles. The first-order chi connectivity index (χ1) is 18.6. The Morgan fingerprint density at radius 3 is 1.83 bits per heavy atom. The second-order valence-electron chi connectivity index (χ2n) is 15.7. The Labute approximate surface area is 254 Å². The molecule has 2 aromatic rings. The molecule has 0 amide bonds. The average molecular weight is 601 g/mol. The number of benzene rings is 2. The van der Waals surface area contributed by atoms with E-state index in [2.05, 4.69) is 117 Å². The third-order valence-corrected chi connectivity index (χ3v) is 18.3. The summed E-state index contributed by atoms with van der Waals surface area (Å²) < 4.78 is 19.6. The molecule has 1 atom stereocenters. The minimum Gasteiger partial charge on any atom is -0.489 e. The maximum atomic E-state index is 10.0. The van der Waals surface area contributed by atoms with Gasteiger partial charge in [-0.15, -0.1) is 0 Å². The van der Waals surface area contributed by atoms with Gasteiger partial charge in [0.25, 0.3) is 0 Å². The molecular formula is C35H60O4Si2. The van der Waals surface area contributed by atoms with Crippen molar-refractivity contribution in [2.75, 3.05) is 0 Å². The number of hydrogen-bond acceptors (Lipinski definition) is 4. The SMILES string of the molecule is CC(CCCC(C)(C)O)c1cccc(COc2ccc(CO[Si](C)(C)C(C)(C)C)c(CO[Si](C)(C)C(C)(C)C)c2)c1. The van der Waals surface area contributed by atoms with Gasteiger partial charge >= 0.3 is 0 Å². The molecule has 0 radical (unpaired) electrons. The molecule has 41 heavy (non-hydrogen) atoms. The lowest BCUT2D eigenvalue weighted by Gasteiger charge is -2.37. The predicted octanol–water partition coefficient (Wildman–Crippen LogP) is 10.4. The van der Waals surface area contributed by atoms with Gasteiger partial charge in [-0.2, -0.15) is 0 Å². The Hall–Kier alpha value is -1.45. The third kappa shape index (κ3) is 11.3. The molecule has 2 aromatic carbocycles. The Morgan fingerprint density at radius 2 is 1.29 bits per heavy atom. The Kier molecular flexibility index (Phi) is 12.1. The normalized spacial score (nSPS) is 14.3. The molecule has 4 nitrogen and oxygen atoms in total. The molecule has 0 aliphatic rings. The Balaban J connectivity index is 2.18. The second-order valence-corrected chi connectivity index (χ2v) is 25.3. The topological polar surface area (TPSA) is 47.9 Å². The summed E-state index contributed by atoms with van der Waals surface area (Å²) in [5, 5.41) is 10.3. The molecule has 1 unspecified atom stereocenters. The van der Waals surface area contributed by atoms with Crippen LogP contribution in [-0.2, 0) is 28.7 Å². The summed E-state index contributed by atoms with van der Waals surface area (Å²) >= 11 is 0. The van der Waals surface area contributed by atoms with Gasteiger partial charge in [0.1, 0.15) is 12.4 Å². The van der Waals surface area contributed by atoms with E-state index in [9.17, 15) is 5.11 Å². The van der Waals surface area contributed by atoms with Gasteiger partial charge in [0.05, 0.1) is 18.8 Å². The van der Waals surface area contributed by atoms with Crippen LogP contribution in [0.2, 0.25) is 36.3 Å². The molecule has 6 heteroatoms. The fraction of sp³-hybridized carbons (Fsp3) is 0.657. The molecule has 0 saturated heterocycles. The molecular weight excluding hydrogens is 541 g/mol. The first-order valence-corrected chi connectivity index (χ1v) is 21.3. The lowest BCUT2D eigenvalue weighted by atomic mass is 9.91. The average Bonchev–Trinajstić information content (AvgIpc) is 2.83. The van der Waals surface area contributed by atoms with Gasteiger partial charge in [0, 0.05) is 0 Å². The zero-order valence-corrected chi connectivity index (χ0v) is 30.5. The zero-order valence-electron chi connectivity index (χ0n) is 28.5. The maximum absolute atomic E-state index is 10.0. The van der Waals surface area contributed by atoms with Crippen molar-refractivity contribution < 1.29 is 18.7 Å². The molecule has 0 aliphatic heterocycles. The van der Waals surface area contributed by atoms with Crippen LogP contribution in [0.5, 0.6) is 5.75 Å². The van der Waals surface area contributed by atoms with Crippen LogP contribution in [0.4, 0.5) is 0 Å². The monoisotopic (exact) mass is 600 g/mol. The summed E-state index contributed by atoms with van der Waals surface area (Å²) in [6.07, 6.45) is 2.89. The summed E-state index contributed by atoms with van der Waals surface area (Å²) in [6.45, 7) is 30.6. The molecule has 0 aliphatic carbocycles. The van der Waals surface area contributed by atoms with Gasteiger partial charge in [-0.25, -0.2) is 0 Å². The smallest absolute Gasteiger partial charge is 0.192 e. The van der Waals surface area contributed by atoms with E-state index in [1.807, 2.05) is 13.8 Å². The Morgan fingerprint density at radius 1 is 0.732 bits per heavy atom. The minimum atomic E-state index is -1.91. The van der Waals surface area contributed by atoms with Gasteiger partial charge in [0.15, 0.2) is 16.6 Å². The fourth-order valence-electron chi connectivity index (χ4n) is 4.08. The third-order valence-electron chi connectivity index (χ3n) is 9.32. The minimum absolute atomic E-state index is 0.148. The predicted molar refractivity (Wildman–Crippen MR) is 180 cm³/mol.